The van der Waals surface area contributed by atoms with Gasteiger partial charge in [-0.15, -0.1) is 5.10 Å². The van der Waals surface area contributed by atoms with Gasteiger partial charge in [0.25, 0.3) is 11.8 Å². The normalized spacial score (nSPS) is 16.4. The van der Waals surface area contributed by atoms with Crippen LogP contribution in [0, 0.1) is 0 Å². The first-order valence-electron chi connectivity index (χ1n) is 9.65. The molecule has 4 heterocycles. The number of aromatic nitrogens is 5. The Balaban J connectivity index is 1.23. The molecule has 29 heavy (non-hydrogen) atoms. The average molecular weight is 396 g/mol. The van der Waals surface area contributed by atoms with E-state index in [1.54, 1.807) is 18.2 Å². The maximum absolute atomic E-state index is 12.8. The molecule has 0 atom stereocenters. The summed E-state index contributed by atoms with van der Waals surface area (Å²) in [5.74, 6) is 2.31. The molecule has 0 spiro atoms. The van der Waals surface area contributed by atoms with Gasteiger partial charge >= 0.3 is 0 Å². The summed E-state index contributed by atoms with van der Waals surface area (Å²) in [6, 6.07) is 5.47. The van der Waals surface area contributed by atoms with Crippen LogP contribution in [0.15, 0.2) is 28.9 Å². The lowest BCUT2D eigenvalue weighted by molar-refractivity contribution is 0.0689. The van der Waals surface area contributed by atoms with Crippen molar-refractivity contribution < 1.29 is 18.8 Å². The van der Waals surface area contributed by atoms with Crippen molar-refractivity contribution in [1.29, 1.82) is 0 Å². The van der Waals surface area contributed by atoms with Gasteiger partial charge in [-0.05, 0) is 31.0 Å². The van der Waals surface area contributed by atoms with Crippen LogP contribution in [0.3, 0.4) is 0 Å². The molecule has 3 aromatic rings. The van der Waals surface area contributed by atoms with Gasteiger partial charge in [0.15, 0.2) is 23.0 Å². The minimum Gasteiger partial charge on any atom is -0.454 e. The van der Waals surface area contributed by atoms with Crippen molar-refractivity contribution in [1.82, 2.24) is 30.0 Å². The fourth-order valence-electron chi connectivity index (χ4n) is 3.60. The fourth-order valence-corrected chi connectivity index (χ4v) is 3.60. The monoisotopic (exact) mass is 396 g/mol. The number of piperidine rings is 1. The highest BCUT2D eigenvalue weighted by atomic mass is 16.7. The summed E-state index contributed by atoms with van der Waals surface area (Å²) in [5, 5.41) is 12.3. The molecule has 0 N–H and O–H groups in total. The van der Waals surface area contributed by atoms with Crippen molar-refractivity contribution in [2.24, 2.45) is 0 Å². The highest BCUT2D eigenvalue weighted by Gasteiger charge is 2.27. The van der Waals surface area contributed by atoms with E-state index >= 15 is 0 Å². The minimum absolute atomic E-state index is 0.000940. The van der Waals surface area contributed by atoms with Gasteiger partial charge < -0.3 is 18.9 Å². The number of benzene rings is 1. The number of nitrogens with zero attached hydrogens (tertiary/aromatic N) is 6. The first-order chi connectivity index (χ1) is 14.2. The Morgan fingerprint density at radius 2 is 2.03 bits per heavy atom. The second kappa shape index (κ2) is 7.19. The summed E-state index contributed by atoms with van der Waals surface area (Å²) in [7, 11) is 0. The molecule has 0 saturated carbocycles. The van der Waals surface area contributed by atoms with E-state index in [-0.39, 0.29) is 18.7 Å². The smallest absolute Gasteiger partial charge is 0.280 e. The van der Waals surface area contributed by atoms with Gasteiger partial charge in [-0.3, -0.25) is 4.79 Å². The third-order valence-corrected chi connectivity index (χ3v) is 5.26. The van der Waals surface area contributed by atoms with Crippen LogP contribution in [0.2, 0.25) is 0 Å². The molecular weight excluding hydrogens is 376 g/mol. The SMILES string of the molecule is CCc1noc(-c2cn(C3CCN(C(=O)c4ccc5c(c4)OCO5)CC3)nn2)n1. The molecule has 2 aromatic heterocycles. The number of carbonyl (C=O) groups excluding carboxylic acids is 1. The van der Waals surface area contributed by atoms with E-state index in [1.165, 1.54) is 0 Å². The van der Waals surface area contributed by atoms with E-state index < -0.39 is 0 Å². The lowest BCUT2D eigenvalue weighted by Crippen LogP contribution is -2.39. The second-order valence-electron chi connectivity index (χ2n) is 7.04. The average Bonchev–Trinajstić information content (AvgIpc) is 3.52. The van der Waals surface area contributed by atoms with Crippen LogP contribution in [0.25, 0.3) is 11.6 Å². The second-order valence-corrected chi connectivity index (χ2v) is 7.04. The minimum atomic E-state index is -0.000940. The highest BCUT2D eigenvalue weighted by molar-refractivity contribution is 5.95. The fraction of sp³-hybridized carbons (Fsp3) is 0.421. The first-order valence-corrected chi connectivity index (χ1v) is 9.65. The molecule has 10 heteroatoms. The molecule has 0 radical (unpaired) electrons. The molecular formula is C19H20N6O4. The van der Waals surface area contributed by atoms with E-state index in [4.69, 9.17) is 14.0 Å². The Hall–Kier alpha value is -3.43. The number of rotatable bonds is 4. The van der Waals surface area contributed by atoms with E-state index in [0.717, 1.165) is 12.8 Å². The van der Waals surface area contributed by atoms with Crippen molar-refractivity contribution >= 4 is 5.91 Å². The van der Waals surface area contributed by atoms with Crippen molar-refractivity contribution in [3.63, 3.8) is 0 Å². The van der Waals surface area contributed by atoms with Crippen LogP contribution in [0.1, 0.15) is 42.0 Å². The zero-order valence-electron chi connectivity index (χ0n) is 15.9. The Morgan fingerprint density at radius 1 is 1.21 bits per heavy atom. The van der Waals surface area contributed by atoms with Crippen LogP contribution >= 0.6 is 0 Å². The number of hydrogen-bond acceptors (Lipinski definition) is 8. The third-order valence-electron chi connectivity index (χ3n) is 5.26. The van der Waals surface area contributed by atoms with Crippen LogP contribution in [0.4, 0.5) is 0 Å². The zero-order chi connectivity index (χ0) is 19.8. The van der Waals surface area contributed by atoms with Crippen LogP contribution in [-0.4, -0.2) is 55.8 Å². The van der Waals surface area contributed by atoms with Gasteiger partial charge in [0.1, 0.15) is 0 Å². The van der Waals surface area contributed by atoms with Crippen LogP contribution in [-0.2, 0) is 6.42 Å². The summed E-state index contributed by atoms with van der Waals surface area (Å²) in [5.41, 5.74) is 1.18. The summed E-state index contributed by atoms with van der Waals surface area (Å²) in [6.07, 6.45) is 4.12. The maximum atomic E-state index is 12.8. The predicted octanol–water partition coefficient (Wildman–Crippen LogP) is 2.10. The molecule has 1 aromatic carbocycles. The molecule has 0 unspecified atom stereocenters. The van der Waals surface area contributed by atoms with Crippen LogP contribution < -0.4 is 9.47 Å². The number of ether oxygens (including phenoxy) is 2. The van der Waals surface area contributed by atoms with Gasteiger partial charge in [-0.25, -0.2) is 4.68 Å². The number of carbonyl (C=O) groups is 1. The molecule has 2 aliphatic heterocycles. The Labute approximate surface area is 166 Å². The van der Waals surface area contributed by atoms with Crippen molar-refractivity contribution in [2.75, 3.05) is 19.9 Å². The van der Waals surface area contributed by atoms with Crippen LogP contribution in [0.5, 0.6) is 11.5 Å². The van der Waals surface area contributed by atoms with Gasteiger partial charge in [0, 0.05) is 25.1 Å². The molecule has 0 aliphatic carbocycles. The zero-order valence-corrected chi connectivity index (χ0v) is 15.9. The molecule has 1 amide bonds. The number of amides is 1. The Kier molecular flexibility index (Phi) is 4.38. The summed E-state index contributed by atoms with van der Waals surface area (Å²) in [6.45, 7) is 3.45. The number of hydrogen-bond donors (Lipinski definition) is 0. The topological polar surface area (TPSA) is 108 Å². The molecule has 2 aliphatic rings. The molecule has 150 valence electrons. The van der Waals surface area contributed by atoms with E-state index in [1.807, 2.05) is 22.7 Å². The molecule has 1 fully saturated rings. The van der Waals surface area contributed by atoms with E-state index in [2.05, 4.69) is 20.5 Å². The van der Waals surface area contributed by atoms with Gasteiger partial charge in [-0.2, -0.15) is 4.98 Å². The van der Waals surface area contributed by atoms with E-state index in [0.29, 0.717) is 54.0 Å². The van der Waals surface area contributed by atoms with Gasteiger partial charge in [0.2, 0.25) is 6.79 Å². The lowest BCUT2D eigenvalue weighted by atomic mass is 10.0. The van der Waals surface area contributed by atoms with Gasteiger partial charge in [0.05, 0.1) is 12.2 Å². The third kappa shape index (κ3) is 3.30. The molecule has 5 rings (SSSR count). The lowest BCUT2D eigenvalue weighted by Gasteiger charge is -2.31. The Bertz CT molecular complexity index is 1040. The standard InChI is InChI=1S/C19H20N6O4/c1-2-17-20-18(29-22-17)14-10-25(23-21-14)13-5-7-24(8-6-13)19(26)12-3-4-15-16(9-12)28-11-27-15/h3-4,9-10,13H,2,5-8,11H2,1H3. The largest absolute Gasteiger partial charge is 0.454 e. The summed E-state index contributed by atoms with van der Waals surface area (Å²) >= 11 is 0. The molecule has 1 saturated heterocycles. The number of likely N-dealkylation sites (tertiary alicyclic amines) is 1. The van der Waals surface area contributed by atoms with Crippen molar-refractivity contribution in [3.8, 4) is 23.1 Å². The molecule has 10 nitrogen and oxygen atoms in total. The maximum Gasteiger partial charge on any atom is 0.280 e. The van der Waals surface area contributed by atoms with Gasteiger partial charge in [-0.1, -0.05) is 17.3 Å². The summed E-state index contributed by atoms with van der Waals surface area (Å²) < 4.78 is 17.7. The predicted molar refractivity (Wildman–Crippen MR) is 99.4 cm³/mol. The summed E-state index contributed by atoms with van der Waals surface area (Å²) in [4.78, 5) is 19.0. The highest BCUT2D eigenvalue weighted by Crippen LogP contribution is 2.33. The number of aryl methyl sites for hydroxylation is 1. The van der Waals surface area contributed by atoms with Crippen molar-refractivity contribution in [3.05, 3.63) is 35.8 Å². The van der Waals surface area contributed by atoms with E-state index in [9.17, 15) is 4.79 Å². The Morgan fingerprint density at radius 3 is 2.83 bits per heavy atom. The molecule has 0 bridgehead atoms. The number of fused-ring (bicyclic) bond motifs is 1. The van der Waals surface area contributed by atoms with Crippen molar-refractivity contribution in [2.45, 2.75) is 32.2 Å². The quantitative estimate of drug-likeness (QED) is 0.660. The first kappa shape index (κ1) is 17.7.